The molecule has 1 aromatic rings. The van der Waals surface area contributed by atoms with E-state index in [1.54, 1.807) is 0 Å². The van der Waals surface area contributed by atoms with Gasteiger partial charge in [-0.2, -0.15) is 5.10 Å². The van der Waals surface area contributed by atoms with Gasteiger partial charge in [-0.15, -0.1) is 0 Å². The largest absolute Gasteiger partial charge is 0.269 e. The minimum atomic E-state index is 0.267. The van der Waals surface area contributed by atoms with Crippen molar-refractivity contribution in [2.45, 2.75) is 34.2 Å². The zero-order chi connectivity index (χ0) is 10.1. The summed E-state index contributed by atoms with van der Waals surface area (Å²) in [5.41, 5.74) is 2.61. The molecule has 0 spiro atoms. The molecule has 2 nitrogen and oxygen atoms in total. The zero-order valence-electron chi connectivity index (χ0n) is 8.76. The first-order chi connectivity index (χ1) is 5.94. The van der Waals surface area contributed by atoms with Gasteiger partial charge < -0.3 is 0 Å². The highest BCUT2D eigenvalue weighted by atomic mass is 79.9. The van der Waals surface area contributed by atoms with Crippen LogP contribution in [0.15, 0.2) is 6.07 Å². The highest BCUT2D eigenvalue weighted by molar-refractivity contribution is 9.09. The second-order valence-corrected chi connectivity index (χ2v) is 4.94. The van der Waals surface area contributed by atoms with Crippen LogP contribution in [0, 0.1) is 19.3 Å². The Morgan fingerprint density at radius 2 is 2.08 bits per heavy atom. The molecule has 74 valence electrons. The van der Waals surface area contributed by atoms with E-state index < -0.39 is 0 Å². The molecule has 1 rings (SSSR count). The summed E-state index contributed by atoms with van der Waals surface area (Å²) in [6.07, 6.45) is 0. The number of rotatable bonds is 3. The van der Waals surface area contributed by atoms with Gasteiger partial charge in [0.15, 0.2) is 0 Å². The Balaban J connectivity index is 2.79. The molecule has 0 saturated carbocycles. The molecule has 0 unspecified atom stereocenters. The maximum Gasteiger partial charge on any atom is 0.0596 e. The molecule has 0 saturated heterocycles. The quantitative estimate of drug-likeness (QED) is 0.748. The monoisotopic (exact) mass is 244 g/mol. The molecule has 0 radical (unpaired) electrons. The number of aromatic nitrogens is 2. The first kappa shape index (κ1) is 10.8. The molecule has 1 aromatic heterocycles. The van der Waals surface area contributed by atoms with Crippen LogP contribution in [0.25, 0.3) is 0 Å². The maximum absolute atomic E-state index is 4.44. The van der Waals surface area contributed by atoms with Gasteiger partial charge >= 0.3 is 0 Å². The van der Waals surface area contributed by atoms with Crippen molar-refractivity contribution in [2.24, 2.45) is 5.41 Å². The van der Waals surface area contributed by atoms with E-state index in [4.69, 9.17) is 0 Å². The standard InChI is InChI=1S/C10H17BrN2/c1-8-5-9(2)13(12-8)7-10(3,4)6-11/h5H,6-7H2,1-4H3. The van der Waals surface area contributed by atoms with Gasteiger partial charge in [-0.3, -0.25) is 4.68 Å². The van der Waals surface area contributed by atoms with E-state index in [2.05, 4.69) is 52.5 Å². The van der Waals surface area contributed by atoms with Crippen molar-refractivity contribution in [1.82, 2.24) is 9.78 Å². The fourth-order valence-corrected chi connectivity index (χ4v) is 1.46. The van der Waals surface area contributed by atoms with Gasteiger partial charge in [-0.25, -0.2) is 0 Å². The summed E-state index contributed by atoms with van der Waals surface area (Å²) in [5.74, 6) is 0. The normalized spacial score (nSPS) is 12.1. The van der Waals surface area contributed by atoms with Gasteiger partial charge in [-0.05, 0) is 25.3 Å². The molecule has 3 heteroatoms. The van der Waals surface area contributed by atoms with E-state index in [1.807, 2.05) is 6.92 Å². The third-order valence-electron chi connectivity index (χ3n) is 2.04. The Kier molecular flexibility index (Phi) is 3.17. The molecule has 0 aromatic carbocycles. The molecule has 0 atom stereocenters. The van der Waals surface area contributed by atoms with Crippen LogP contribution in [-0.4, -0.2) is 15.1 Å². The number of nitrogens with zero attached hydrogens (tertiary/aromatic N) is 2. The summed E-state index contributed by atoms with van der Waals surface area (Å²) in [4.78, 5) is 0. The zero-order valence-corrected chi connectivity index (χ0v) is 10.3. The molecule has 13 heavy (non-hydrogen) atoms. The topological polar surface area (TPSA) is 17.8 Å². The fraction of sp³-hybridized carbons (Fsp3) is 0.700. The van der Waals surface area contributed by atoms with Crippen LogP contribution in [0.1, 0.15) is 25.2 Å². The molecule has 0 N–H and O–H groups in total. The molecule has 0 aliphatic carbocycles. The molecule has 0 fully saturated rings. The van der Waals surface area contributed by atoms with Gasteiger partial charge in [0.05, 0.1) is 5.69 Å². The van der Waals surface area contributed by atoms with E-state index in [0.717, 1.165) is 17.6 Å². The predicted molar refractivity (Wildman–Crippen MR) is 59.3 cm³/mol. The number of halogens is 1. The van der Waals surface area contributed by atoms with Crippen molar-refractivity contribution < 1.29 is 0 Å². The van der Waals surface area contributed by atoms with E-state index in [9.17, 15) is 0 Å². The van der Waals surface area contributed by atoms with Gasteiger partial charge in [0.25, 0.3) is 0 Å². The lowest BCUT2D eigenvalue weighted by molar-refractivity contribution is 0.331. The molecular weight excluding hydrogens is 228 g/mol. The summed E-state index contributed by atoms with van der Waals surface area (Å²) in [7, 11) is 0. The lowest BCUT2D eigenvalue weighted by atomic mass is 9.97. The van der Waals surface area contributed by atoms with Crippen molar-refractivity contribution in [3.63, 3.8) is 0 Å². The van der Waals surface area contributed by atoms with Crippen molar-refractivity contribution in [1.29, 1.82) is 0 Å². The third kappa shape index (κ3) is 2.83. The van der Waals surface area contributed by atoms with E-state index in [-0.39, 0.29) is 5.41 Å². The van der Waals surface area contributed by atoms with E-state index in [1.165, 1.54) is 5.69 Å². The molecule has 0 bridgehead atoms. The van der Waals surface area contributed by atoms with Gasteiger partial charge in [0.2, 0.25) is 0 Å². The number of hydrogen-bond donors (Lipinski definition) is 0. The van der Waals surface area contributed by atoms with Crippen molar-refractivity contribution in [3.05, 3.63) is 17.5 Å². The summed E-state index contributed by atoms with van der Waals surface area (Å²) in [6.45, 7) is 9.57. The van der Waals surface area contributed by atoms with E-state index in [0.29, 0.717) is 0 Å². The fourth-order valence-electron chi connectivity index (χ4n) is 1.28. The summed E-state index contributed by atoms with van der Waals surface area (Å²) in [5, 5.41) is 5.44. The Bertz CT molecular complexity index is 289. The minimum Gasteiger partial charge on any atom is -0.269 e. The lowest BCUT2D eigenvalue weighted by Crippen LogP contribution is -2.22. The van der Waals surface area contributed by atoms with Crippen molar-refractivity contribution in [3.8, 4) is 0 Å². The van der Waals surface area contributed by atoms with Crippen molar-refractivity contribution in [2.75, 3.05) is 5.33 Å². The van der Waals surface area contributed by atoms with Gasteiger partial charge in [0.1, 0.15) is 0 Å². The van der Waals surface area contributed by atoms with Gasteiger partial charge in [0, 0.05) is 17.6 Å². The number of aryl methyl sites for hydroxylation is 2. The highest BCUT2D eigenvalue weighted by Gasteiger charge is 2.18. The first-order valence-corrected chi connectivity index (χ1v) is 5.64. The van der Waals surface area contributed by atoms with Crippen LogP contribution in [0.2, 0.25) is 0 Å². The smallest absolute Gasteiger partial charge is 0.0596 e. The van der Waals surface area contributed by atoms with E-state index >= 15 is 0 Å². The second kappa shape index (κ2) is 3.82. The Morgan fingerprint density at radius 1 is 1.46 bits per heavy atom. The summed E-state index contributed by atoms with van der Waals surface area (Å²) < 4.78 is 2.08. The minimum absolute atomic E-state index is 0.267. The van der Waals surface area contributed by atoms with Crippen LogP contribution in [0.4, 0.5) is 0 Å². The van der Waals surface area contributed by atoms with Crippen LogP contribution in [0.5, 0.6) is 0 Å². The Hall–Kier alpha value is -0.310. The van der Waals surface area contributed by atoms with Gasteiger partial charge in [-0.1, -0.05) is 29.8 Å². The van der Waals surface area contributed by atoms with Crippen LogP contribution in [0.3, 0.4) is 0 Å². The lowest BCUT2D eigenvalue weighted by Gasteiger charge is -2.22. The molecule has 0 aliphatic heterocycles. The maximum atomic E-state index is 4.44. The number of alkyl halides is 1. The molecular formula is C10H17BrN2. The van der Waals surface area contributed by atoms with Crippen LogP contribution in [-0.2, 0) is 6.54 Å². The third-order valence-corrected chi connectivity index (χ3v) is 3.56. The summed E-state index contributed by atoms with van der Waals surface area (Å²) >= 11 is 3.52. The Morgan fingerprint density at radius 3 is 2.46 bits per heavy atom. The Labute approximate surface area is 88.5 Å². The highest BCUT2D eigenvalue weighted by Crippen LogP contribution is 2.21. The van der Waals surface area contributed by atoms with Crippen LogP contribution >= 0.6 is 15.9 Å². The second-order valence-electron chi connectivity index (χ2n) is 4.38. The van der Waals surface area contributed by atoms with Crippen LogP contribution < -0.4 is 0 Å². The molecule has 0 amide bonds. The predicted octanol–water partition coefficient (Wildman–Crippen LogP) is 2.92. The number of hydrogen-bond acceptors (Lipinski definition) is 1. The average molecular weight is 245 g/mol. The molecule has 0 aliphatic rings. The van der Waals surface area contributed by atoms with Crippen molar-refractivity contribution >= 4 is 15.9 Å². The SMILES string of the molecule is Cc1cc(C)n(CC(C)(C)CBr)n1. The first-order valence-electron chi connectivity index (χ1n) is 4.52. The average Bonchev–Trinajstić information content (AvgIpc) is 2.30. The summed E-state index contributed by atoms with van der Waals surface area (Å²) in [6, 6.07) is 2.12. The molecule has 1 heterocycles.